The predicted molar refractivity (Wildman–Crippen MR) is 102 cm³/mol. The molecule has 6 nitrogen and oxygen atoms in total. The number of carbonyl (C=O) groups is 1. The van der Waals surface area contributed by atoms with Crippen molar-refractivity contribution in [3.05, 3.63) is 47.2 Å². The minimum Gasteiger partial charge on any atom is -0.494 e. The van der Waals surface area contributed by atoms with Crippen LogP contribution in [-0.2, 0) is 0 Å². The highest BCUT2D eigenvalue weighted by molar-refractivity contribution is 6.33. The van der Waals surface area contributed by atoms with Crippen molar-refractivity contribution in [3.63, 3.8) is 0 Å². The summed E-state index contributed by atoms with van der Waals surface area (Å²) in [6, 6.07) is 9.63. The number of hydrogen-bond acceptors (Lipinski definition) is 5. The Kier molecular flexibility index (Phi) is 6.28. The molecular formula is C19H23ClN4O2. The Labute approximate surface area is 158 Å². The topological polar surface area (TPSA) is 58.6 Å². The molecule has 1 amide bonds. The Morgan fingerprint density at radius 3 is 2.73 bits per heavy atom. The van der Waals surface area contributed by atoms with Crippen LogP contribution in [0.4, 0.5) is 5.95 Å². The van der Waals surface area contributed by atoms with Gasteiger partial charge >= 0.3 is 0 Å². The highest BCUT2D eigenvalue weighted by Crippen LogP contribution is 2.21. The van der Waals surface area contributed by atoms with E-state index >= 15 is 0 Å². The maximum atomic E-state index is 12.7. The van der Waals surface area contributed by atoms with Gasteiger partial charge in [0, 0.05) is 26.7 Å². The number of rotatable bonds is 7. The molecule has 0 spiro atoms. The Balaban J connectivity index is 1.55. The number of aromatic nitrogens is 2. The summed E-state index contributed by atoms with van der Waals surface area (Å²) >= 11 is 6.17. The summed E-state index contributed by atoms with van der Waals surface area (Å²) in [6.07, 6.45) is 4.48. The minimum absolute atomic E-state index is 0.197. The number of hydrogen-bond donors (Lipinski definition) is 0. The molecule has 7 heteroatoms. The molecule has 0 atom stereocenters. The van der Waals surface area contributed by atoms with Crippen LogP contribution in [0.5, 0.6) is 5.75 Å². The first kappa shape index (κ1) is 18.5. The van der Waals surface area contributed by atoms with Crippen molar-refractivity contribution in [1.29, 1.82) is 0 Å². The second-order valence-electron chi connectivity index (χ2n) is 6.30. The number of ether oxygens (including phenoxy) is 1. The molecule has 1 aromatic carbocycles. The highest BCUT2D eigenvalue weighted by Gasteiger charge is 2.21. The summed E-state index contributed by atoms with van der Waals surface area (Å²) in [5.41, 5.74) is 0.259. The largest absolute Gasteiger partial charge is 0.494 e. The monoisotopic (exact) mass is 374 g/mol. The number of para-hydroxylation sites is 1. The Morgan fingerprint density at radius 2 is 2.00 bits per heavy atom. The van der Waals surface area contributed by atoms with Crippen LogP contribution in [-0.4, -0.2) is 54.1 Å². The van der Waals surface area contributed by atoms with E-state index in [4.69, 9.17) is 16.3 Å². The summed E-state index contributed by atoms with van der Waals surface area (Å²) in [6.45, 7) is 2.94. The SMILES string of the molecule is CN(CCCOc1ccccc1)C(=O)c1nc(N2CCCC2)ncc1Cl. The normalized spacial score (nSPS) is 13.7. The zero-order valence-corrected chi connectivity index (χ0v) is 15.7. The van der Waals surface area contributed by atoms with E-state index in [9.17, 15) is 4.79 Å². The van der Waals surface area contributed by atoms with Gasteiger partial charge in [0.25, 0.3) is 5.91 Å². The number of benzene rings is 1. The van der Waals surface area contributed by atoms with Crippen molar-refractivity contribution in [1.82, 2.24) is 14.9 Å². The maximum Gasteiger partial charge on any atom is 0.273 e. The molecule has 1 fully saturated rings. The second kappa shape index (κ2) is 8.85. The fourth-order valence-electron chi connectivity index (χ4n) is 2.87. The number of amides is 1. The number of anilines is 1. The van der Waals surface area contributed by atoms with E-state index in [0.29, 0.717) is 19.1 Å². The lowest BCUT2D eigenvalue weighted by atomic mass is 10.3. The predicted octanol–water partition coefficient (Wildman–Crippen LogP) is 3.27. The van der Waals surface area contributed by atoms with Gasteiger partial charge in [-0.05, 0) is 31.4 Å². The van der Waals surface area contributed by atoms with Gasteiger partial charge in [0.1, 0.15) is 5.75 Å². The van der Waals surface area contributed by atoms with E-state index in [2.05, 4.69) is 14.9 Å². The molecule has 0 radical (unpaired) electrons. The molecule has 0 bridgehead atoms. The summed E-state index contributed by atoms with van der Waals surface area (Å²) in [7, 11) is 1.75. The van der Waals surface area contributed by atoms with Gasteiger partial charge in [0.05, 0.1) is 17.8 Å². The van der Waals surface area contributed by atoms with Gasteiger partial charge in [0.15, 0.2) is 5.69 Å². The second-order valence-corrected chi connectivity index (χ2v) is 6.71. The lowest BCUT2D eigenvalue weighted by Gasteiger charge is -2.19. The van der Waals surface area contributed by atoms with E-state index < -0.39 is 0 Å². The number of halogens is 1. The van der Waals surface area contributed by atoms with Crippen LogP contribution in [0.2, 0.25) is 5.02 Å². The number of nitrogens with zero attached hydrogens (tertiary/aromatic N) is 4. The average molecular weight is 375 g/mol. The quantitative estimate of drug-likeness (QED) is 0.696. The zero-order valence-electron chi connectivity index (χ0n) is 14.9. The lowest BCUT2D eigenvalue weighted by molar-refractivity contribution is 0.0782. The molecule has 1 saturated heterocycles. The number of carbonyl (C=O) groups excluding carboxylic acids is 1. The maximum absolute atomic E-state index is 12.7. The van der Waals surface area contributed by atoms with Crippen LogP contribution in [0, 0.1) is 0 Å². The summed E-state index contributed by atoms with van der Waals surface area (Å²) in [4.78, 5) is 25.1. The molecule has 0 saturated carbocycles. The van der Waals surface area contributed by atoms with E-state index in [1.165, 1.54) is 6.20 Å². The lowest BCUT2D eigenvalue weighted by Crippen LogP contribution is -2.30. The zero-order chi connectivity index (χ0) is 18.4. The van der Waals surface area contributed by atoms with Gasteiger partial charge in [-0.25, -0.2) is 9.97 Å². The molecule has 1 aliphatic rings. The smallest absolute Gasteiger partial charge is 0.273 e. The Hall–Kier alpha value is -2.34. The van der Waals surface area contributed by atoms with E-state index in [-0.39, 0.29) is 16.6 Å². The molecule has 2 aromatic rings. The van der Waals surface area contributed by atoms with Crippen molar-refractivity contribution in [3.8, 4) is 5.75 Å². The molecule has 1 aromatic heterocycles. The fraction of sp³-hybridized carbons (Fsp3) is 0.421. The third-order valence-electron chi connectivity index (χ3n) is 4.32. The molecular weight excluding hydrogens is 352 g/mol. The van der Waals surface area contributed by atoms with Gasteiger partial charge in [-0.15, -0.1) is 0 Å². The molecule has 0 N–H and O–H groups in total. The van der Waals surface area contributed by atoms with Crippen LogP contribution < -0.4 is 9.64 Å². The fourth-order valence-corrected chi connectivity index (χ4v) is 3.04. The summed E-state index contributed by atoms with van der Waals surface area (Å²) < 4.78 is 5.66. The standard InChI is InChI=1S/C19H23ClN4O2/c1-23(10-7-13-26-15-8-3-2-4-9-15)18(25)17-16(20)14-21-19(22-17)24-11-5-6-12-24/h2-4,8-9,14H,5-7,10-13H2,1H3. The van der Waals surface area contributed by atoms with Gasteiger partial charge in [-0.2, -0.15) is 0 Å². The van der Waals surface area contributed by atoms with Gasteiger partial charge in [-0.3, -0.25) is 4.79 Å². The summed E-state index contributed by atoms with van der Waals surface area (Å²) in [5.74, 6) is 1.21. The minimum atomic E-state index is -0.197. The van der Waals surface area contributed by atoms with E-state index in [0.717, 1.165) is 38.1 Å². The van der Waals surface area contributed by atoms with E-state index in [1.54, 1.807) is 11.9 Å². The van der Waals surface area contributed by atoms with Crippen LogP contribution in [0.3, 0.4) is 0 Å². The molecule has 3 rings (SSSR count). The van der Waals surface area contributed by atoms with Crippen LogP contribution in [0.25, 0.3) is 0 Å². The summed E-state index contributed by atoms with van der Waals surface area (Å²) in [5, 5.41) is 0.283. The molecule has 1 aliphatic heterocycles. The molecule has 2 heterocycles. The van der Waals surface area contributed by atoms with Gasteiger partial charge in [-0.1, -0.05) is 29.8 Å². The third kappa shape index (κ3) is 4.64. The van der Waals surface area contributed by atoms with Gasteiger partial charge in [0.2, 0.25) is 5.95 Å². The first-order chi connectivity index (χ1) is 12.6. The molecule has 0 aliphatic carbocycles. The Bertz CT molecular complexity index is 736. The molecule has 0 unspecified atom stereocenters. The average Bonchev–Trinajstić information content (AvgIpc) is 3.20. The van der Waals surface area contributed by atoms with Crippen LogP contribution >= 0.6 is 11.6 Å². The third-order valence-corrected chi connectivity index (χ3v) is 4.60. The van der Waals surface area contributed by atoms with Crippen molar-refractivity contribution in [2.24, 2.45) is 0 Å². The van der Waals surface area contributed by atoms with E-state index in [1.807, 2.05) is 30.3 Å². The van der Waals surface area contributed by atoms with Crippen LogP contribution in [0.15, 0.2) is 36.5 Å². The van der Waals surface area contributed by atoms with Crippen molar-refractivity contribution in [2.45, 2.75) is 19.3 Å². The Morgan fingerprint density at radius 1 is 1.27 bits per heavy atom. The first-order valence-electron chi connectivity index (χ1n) is 8.86. The molecule has 26 heavy (non-hydrogen) atoms. The first-order valence-corrected chi connectivity index (χ1v) is 9.24. The molecule has 138 valence electrons. The highest BCUT2D eigenvalue weighted by atomic mass is 35.5. The van der Waals surface area contributed by atoms with Crippen molar-refractivity contribution < 1.29 is 9.53 Å². The van der Waals surface area contributed by atoms with Crippen LogP contribution in [0.1, 0.15) is 29.8 Å². The van der Waals surface area contributed by atoms with Crippen molar-refractivity contribution >= 4 is 23.5 Å². The van der Waals surface area contributed by atoms with Crippen molar-refractivity contribution in [2.75, 3.05) is 38.2 Å². The van der Waals surface area contributed by atoms with Gasteiger partial charge < -0.3 is 14.5 Å².